The lowest BCUT2D eigenvalue weighted by atomic mass is 9.39. The molecular formula is C51H78N8O16. The molecule has 0 spiro atoms. The first kappa shape index (κ1) is 60.6. The minimum atomic E-state index is -0.499. The van der Waals surface area contributed by atoms with Crippen molar-refractivity contribution in [3.8, 4) is 0 Å². The average molecular weight is 1060 g/mol. The van der Waals surface area contributed by atoms with Crippen molar-refractivity contribution in [2.75, 3.05) is 165 Å². The lowest BCUT2D eigenvalue weighted by molar-refractivity contribution is -0.178. The van der Waals surface area contributed by atoms with E-state index in [1.165, 1.54) is 6.20 Å². The maximum Gasteiger partial charge on any atom is 0.254 e. The van der Waals surface area contributed by atoms with E-state index in [0.717, 1.165) is 29.9 Å². The third-order valence-corrected chi connectivity index (χ3v) is 12.2. The topological polar surface area (TPSA) is 289 Å². The van der Waals surface area contributed by atoms with Gasteiger partial charge in [0.05, 0.1) is 154 Å². The molecule has 3 heterocycles. The van der Waals surface area contributed by atoms with E-state index in [-0.39, 0.29) is 49.7 Å². The van der Waals surface area contributed by atoms with Gasteiger partial charge in [0.15, 0.2) is 0 Å². The highest BCUT2D eigenvalue weighted by molar-refractivity contribution is 6.14. The maximum absolute atomic E-state index is 13.3. The Labute approximate surface area is 439 Å². The Kier molecular flexibility index (Phi) is 27.2. The van der Waals surface area contributed by atoms with Gasteiger partial charge in [-0.2, -0.15) is 0 Å². The standard InChI is InChI=1S/C51H78N8O16/c1-3-9-58(10-4-2)48(64)39-31-41-42(56-43(52)33-39)32-40(34-55-41)47(63)57-51-36-50(37-51,38-51)49(65)54-8-12-67-14-16-69-18-20-71-22-24-73-26-28-75-30-29-74-27-25-72-23-21-70-19-17-68-15-13-66-11-7-53-44(60)35-59-45(61)5-6-46(59)62/h5-6,31-32,34H,3-4,7-30,33,35-38H2,1-2H3,(H2,52,56)(H,53,60)(H,54,65)(H,57,63). The number of ether oxygens (including phenoxy) is 10. The molecule has 0 radical (unpaired) electrons. The summed E-state index contributed by atoms with van der Waals surface area (Å²) in [6.07, 6.45) is 9.09. The van der Waals surface area contributed by atoms with Gasteiger partial charge in [-0.25, -0.2) is 4.99 Å². The molecular weight excluding hydrogens is 981 g/mol. The maximum atomic E-state index is 13.3. The van der Waals surface area contributed by atoms with Crippen LogP contribution in [0.1, 0.15) is 68.4 Å². The number of fused-ring (bicyclic) bond motifs is 1. The van der Waals surface area contributed by atoms with Crippen LogP contribution < -0.4 is 21.7 Å². The number of hydrogen-bond acceptors (Lipinski definition) is 19. The molecule has 0 unspecified atom stereocenters. The lowest BCUT2D eigenvalue weighted by Gasteiger charge is -2.69. The number of aromatic nitrogens is 1. The van der Waals surface area contributed by atoms with Crippen LogP contribution in [-0.2, 0) is 71.3 Å². The molecule has 2 bridgehead atoms. The first-order valence-corrected chi connectivity index (χ1v) is 26.0. The van der Waals surface area contributed by atoms with Crippen LogP contribution in [0, 0.1) is 5.41 Å². The number of hydrogen-bond donors (Lipinski definition) is 4. The van der Waals surface area contributed by atoms with E-state index >= 15 is 0 Å². The molecule has 6 amide bonds. The van der Waals surface area contributed by atoms with E-state index in [1.54, 1.807) is 12.1 Å². The third kappa shape index (κ3) is 21.0. The number of amidine groups is 1. The summed E-state index contributed by atoms with van der Waals surface area (Å²) in [4.78, 5) is 86.0. The van der Waals surface area contributed by atoms with Gasteiger partial charge in [0.25, 0.3) is 17.7 Å². The Morgan fingerprint density at radius 1 is 0.640 bits per heavy atom. The lowest BCUT2D eigenvalue weighted by Crippen LogP contribution is -2.78. The molecule has 24 heteroatoms. The molecule has 3 aliphatic carbocycles. The summed E-state index contributed by atoms with van der Waals surface area (Å²) < 4.78 is 55.0. The van der Waals surface area contributed by atoms with Gasteiger partial charge in [0.2, 0.25) is 17.7 Å². The predicted octanol–water partition coefficient (Wildman–Crippen LogP) is 0.482. The Hall–Kier alpha value is -5.28. The number of carbonyl (C=O) groups is 6. The number of pyridine rings is 1. The Morgan fingerprint density at radius 3 is 1.51 bits per heavy atom. The van der Waals surface area contributed by atoms with E-state index in [1.807, 2.05) is 18.7 Å². The van der Waals surface area contributed by atoms with Crippen molar-refractivity contribution < 1.29 is 76.1 Å². The van der Waals surface area contributed by atoms with E-state index in [0.29, 0.717) is 187 Å². The molecule has 75 heavy (non-hydrogen) atoms. The zero-order valence-corrected chi connectivity index (χ0v) is 43.7. The summed E-state index contributed by atoms with van der Waals surface area (Å²) in [6, 6.07) is 1.64. The number of nitrogens with zero attached hydrogens (tertiary/aromatic N) is 4. The summed E-state index contributed by atoms with van der Waals surface area (Å²) >= 11 is 0. The molecule has 1 aromatic heterocycles. The minimum absolute atomic E-state index is 0.0296. The molecule has 2 aliphatic heterocycles. The van der Waals surface area contributed by atoms with Crippen LogP contribution in [0.2, 0.25) is 0 Å². The second-order valence-corrected chi connectivity index (χ2v) is 18.2. The summed E-state index contributed by atoms with van der Waals surface area (Å²) in [5.41, 5.74) is 7.11. The highest BCUT2D eigenvalue weighted by atomic mass is 16.6. The monoisotopic (exact) mass is 1060 g/mol. The number of rotatable bonds is 43. The van der Waals surface area contributed by atoms with Crippen LogP contribution >= 0.6 is 0 Å². The zero-order valence-electron chi connectivity index (χ0n) is 43.7. The van der Waals surface area contributed by atoms with Gasteiger partial charge >= 0.3 is 0 Å². The van der Waals surface area contributed by atoms with Crippen molar-refractivity contribution in [2.45, 2.75) is 57.9 Å². The van der Waals surface area contributed by atoms with Crippen LogP contribution in [0.3, 0.4) is 0 Å². The quantitative estimate of drug-likeness (QED) is 0.0511. The van der Waals surface area contributed by atoms with Crippen LogP contribution in [-0.4, -0.2) is 226 Å². The molecule has 3 fully saturated rings. The van der Waals surface area contributed by atoms with Gasteiger partial charge in [0, 0.05) is 62.1 Å². The molecule has 1 aromatic rings. The highest BCUT2D eigenvalue weighted by Crippen LogP contribution is 2.67. The molecule has 6 rings (SSSR count). The number of amides is 6. The number of imide groups is 1. The highest BCUT2D eigenvalue weighted by Gasteiger charge is 2.72. The molecule has 3 saturated carbocycles. The molecule has 0 aromatic carbocycles. The smallest absolute Gasteiger partial charge is 0.254 e. The number of nitrogens with one attached hydrogen (secondary N) is 3. The van der Waals surface area contributed by atoms with E-state index in [4.69, 9.17) is 53.1 Å². The van der Waals surface area contributed by atoms with E-state index in [2.05, 4.69) is 25.9 Å². The third-order valence-electron chi connectivity index (χ3n) is 12.2. The van der Waals surface area contributed by atoms with Crippen molar-refractivity contribution in [3.63, 3.8) is 0 Å². The molecule has 5 N–H and O–H groups in total. The first-order valence-electron chi connectivity index (χ1n) is 26.0. The minimum Gasteiger partial charge on any atom is -0.387 e. The number of carbonyl (C=O) groups excluding carboxylic acids is 6. The Morgan fingerprint density at radius 2 is 1.07 bits per heavy atom. The van der Waals surface area contributed by atoms with Gasteiger partial charge in [-0.3, -0.25) is 38.7 Å². The van der Waals surface area contributed by atoms with Gasteiger partial charge in [0.1, 0.15) is 12.4 Å². The molecule has 0 atom stereocenters. The largest absolute Gasteiger partial charge is 0.387 e. The SMILES string of the molecule is CCCN(CCC)C(=O)C1=Cc2ncc(C(=O)NC34CC(C(=O)NCCOCCOCCOCCOCCOCCOCCOCCOCCOCCOCCNC(=O)CN5C(=O)C=CC5=O)(C3)C4)cc2N=C(N)C1. The van der Waals surface area contributed by atoms with Crippen LogP contribution in [0.4, 0.5) is 5.69 Å². The first-order chi connectivity index (χ1) is 36.5. The molecule has 0 saturated heterocycles. The van der Waals surface area contributed by atoms with E-state index < -0.39 is 28.7 Å². The summed E-state index contributed by atoms with van der Waals surface area (Å²) in [5, 5.41) is 8.66. The average Bonchev–Trinajstić information content (AvgIpc) is 3.59. The zero-order chi connectivity index (χ0) is 53.6. The van der Waals surface area contributed by atoms with Crippen molar-refractivity contribution in [3.05, 3.63) is 41.2 Å². The van der Waals surface area contributed by atoms with Gasteiger partial charge in [-0.05, 0) is 44.2 Å². The Bertz CT molecular complexity index is 2040. The molecule has 418 valence electrons. The molecule has 5 aliphatic rings. The van der Waals surface area contributed by atoms with Gasteiger partial charge in [-0.1, -0.05) is 13.8 Å². The van der Waals surface area contributed by atoms with Crippen molar-refractivity contribution in [2.24, 2.45) is 16.1 Å². The van der Waals surface area contributed by atoms with Crippen molar-refractivity contribution in [1.29, 1.82) is 0 Å². The van der Waals surface area contributed by atoms with Gasteiger partial charge < -0.3 is 74.0 Å². The van der Waals surface area contributed by atoms with Crippen LogP contribution in [0.25, 0.3) is 6.08 Å². The fourth-order valence-corrected chi connectivity index (χ4v) is 8.62. The van der Waals surface area contributed by atoms with Crippen LogP contribution in [0.15, 0.2) is 35.0 Å². The summed E-state index contributed by atoms with van der Waals surface area (Å²) in [6.45, 7) is 13.9. The number of aliphatic imine (C=N–C) groups is 1. The number of nitrogens with two attached hydrogens (primary N) is 1. The second kappa shape index (κ2) is 33.7. The predicted molar refractivity (Wildman–Crippen MR) is 272 cm³/mol. The van der Waals surface area contributed by atoms with Crippen molar-refractivity contribution in [1.82, 2.24) is 30.7 Å². The van der Waals surface area contributed by atoms with Crippen molar-refractivity contribution >= 4 is 53.0 Å². The van der Waals surface area contributed by atoms with Gasteiger partial charge in [-0.15, -0.1) is 0 Å². The summed E-state index contributed by atoms with van der Waals surface area (Å²) in [5.74, 6) is -1.55. The van der Waals surface area contributed by atoms with Crippen LogP contribution in [0.5, 0.6) is 0 Å². The fourth-order valence-electron chi connectivity index (χ4n) is 8.62. The Balaban J connectivity index is 0.722. The van der Waals surface area contributed by atoms with E-state index in [9.17, 15) is 28.8 Å². The normalized spacial score (nSPS) is 18.4. The second-order valence-electron chi connectivity index (χ2n) is 18.2. The summed E-state index contributed by atoms with van der Waals surface area (Å²) in [7, 11) is 0. The fraction of sp³-hybridized carbons (Fsp3) is 0.686. The molecule has 24 nitrogen and oxygen atoms in total.